The maximum Gasteiger partial charge on any atom is 0.313 e. The number of benzene rings is 3. The minimum Gasteiger partial charge on any atom is -0.368 e. The zero-order valence-electron chi connectivity index (χ0n) is 16.9. The molecule has 0 radical (unpaired) electrons. The molecule has 1 fully saturated rings. The van der Waals surface area contributed by atoms with Gasteiger partial charge >= 0.3 is 11.8 Å². The summed E-state index contributed by atoms with van der Waals surface area (Å²) in [6.45, 7) is 2.27. The van der Waals surface area contributed by atoms with Crippen LogP contribution in [0, 0.1) is 0 Å². The van der Waals surface area contributed by atoms with Gasteiger partial charge in [0, 0.05) is 54.0 Å². The number of para-hydroxylation sites is 1. The molecule has 0 aromatic heterocycles. The molecule has 4 rings (SSSR count). The number of nitrogens with zero attached hydrogens (tertiary/aromatic N) is 2. The van der Waals surface area contributed by atoms with E-state index in [-0.39, 0.29) is 0 Å². The summed E-state index contributed by atoms with van der Waals surface area (Å²) in [7, 11) is 0. The Bertz CT molecular complexity index is 1050. The smallest absolute Gasteiger partial charge is 0.313 e. The number of anilines is 4. The van der Waals surface area contributed by atoms with Crippen LogP contribution in [0.25, 0.3) is 0 Å². The predicted molar refractivity (Wildman–Crippen MR) is 125 cm³/mol. The average Bonchev–Trinajstić information content (AvgIpc) is 2.81. The van der Waals surface area contributed by atoms with E-state index in [1.165, 1.54) is 0 Å². The maximum atomic E-state index is 12.6. The molecule has 3 aromatic carbocycles. The van der Waals surface area contributed by atoms with E-state index in [1.807, 2.05) is 66.7 Å². The Hall–Kier alpha value is -3.51. The molecule has 0 spiro atoms. The summed E-state index contributed by atoms with van der Waals surface area (Å²) < 4.78 is 0. The van der Waals surface area contributed by atoms with Crippen molar-refractivity contribution in [2.24, 2.45) is 0 Å². The molecule has 0 saturated carbocycles. The first kappa shape index (κ1) is 20.8. The van der Waals surface area contributed by atoms with Gasteiger partial charge in [0.2, 0.25) is 0 Å². The molecule has 0 atom stereocenters. The lowest BCUT2D eigenvalue weighted by Crippen LogP contribution is -2.51. The number of carbonyl (C=O) groups is 2. The van der Waals surface area contributed by atoms with Crippen molar-refractivity contribution in [3.05, 3.63) is 83.9 Å². The topological polar surface area (TPSA) is 64.7 Å². The first-order valence-electron chi connectivity index (χ1n) is 10.1. The van der Waals surface area contributed by atoms with Crippen molar-refractivity contribution < 1.29 is 9.59 Å². The molecule has 1 aliphatic heterocycles. The molecular formula is C24H23ClN4O2. The summed E-state index contributed by atoms with van der Waals surface area (Å²) in [6.07, 6.45) is 0. The normalized spacial score (nSPS) is 13.6. The SMILES string of the molecule is O=C(Nc1ccc(Nc2ccccc2)cc1)C(=O)N1CCN(c2cccc(Cl)c2)CC1. The summed E-state index contributed by atoms with van der Waals surface area (Å²) in [5, 5.41) is 6.65. The second-order valence-corrected chi connectivity index (χ2v) is 7.72. The van der Waals surface area contributed by atoms with Gasteiger partial charge in [-0.2, -0.15) is 0 Å². The first-order chi connectivity index (χ1) is 15.1. The van der Waals surface area contributed by atoms with Crippen molar-refractivity contribution >= 4 is 46.2 Å². The van der Waals surface area contributed by atoms with Crippen molar-refractivity contribution in [3.63, 3.8) is 0 Å². The maximum absolute atomic E-state index is 12.6. The van der Waals surface area contributed by atoms with Crippen LogP contribution in [0.5, 0.6) is 0 Å². The third-order valence-corrected chi connectivity index (χ3v) is 5.37. The minimum absolute atomic E-state index is 0.485. The molecule has 31 heavy (non-hydrogen) atoms. The van der Waals surface area contributed by atoms with Crippen LogP contribution in [0.15, 0.2) is 78.9 Å². The number of nitrogens with one attached hydrogen (secondary N) is 2. The highest BCUT2D eigenvalue weighted by molar-refractivity contribution is 6.39. The molecule has 0 aliphatic carbocycles. The predicted octanol–water partition coefficient (Wildman–Crippen LogP) is 4.37. The molecule has 2 amide bonds. The Kier molecular flexibility index (Phi) is 6.38. The number of halogens is 1. The molecule has 3 aromatic rings. The number of carbonyl (C=O) groups excluding carboxylic acids is 2. The van der Waals surface area contributed by atoms with Gasteiger partial charge in [-0.15, -0.1) is 0 Å². The second-order valence-electron chi connectivity index (χ2n) is 7.28. The van der Waals surface area contributed by atoms with E-state index in [1.54, 1.807) is 17.0 Å². The molecule has 0 unspecified atom stereocenters. The van der Waals surface area contributed by atoms with Gasteiger partial charge in [-0.1, -0.05) is 35.9 Å². The molecule has 1 saturated heterocycles. The largest absolute Gasteiger partial charge is 0.368 e. The third kappa shape index (κ3) is 5.35. The van der Waals surface area contributed by atoms with Crippen LogP contribution in [-0.2, 0) is 9.59 Å². The highest BCUT2D eigenvalue weighted by Gasteiger charge is 2.26. The Labute approximate surface area is 186 Å². The van der Waals surface area contributed by atoms with Crippen LogP contribution in [0.3, 0.4) is 0 Å². The van der Waals surface area contributed by atoms with Crippen LogP contribution in [0.2, 0.25) is 5.02 Å². The van der Waals surface area contributed by atoms with Gasteiger partial charge in [0.25, 0.3) is 0 Å². The van der Waals surface area contributed by atoms with Crippen LogP contribution in [0.4, 0.5) is 22.7 Å². The van der Waals surface area contributed by atoms with Crippen molar-refractivity contribution in [2.45, 2.75) is 0 Å². The van der Waals surface area contributed by atoms with Crippen LogP contribution >= 0.6 is 11.6 Å². The highest BCUT2D eigenvalue weighted by Crippen LogP contribution is 2.21. The quantitative estimate of drug-likeness (QED) is 0.598. The number of hydrogen-bond acceptors (Lipinski definition) is 4. The molecule has 158 valence electrons. The van der Waals surface area contributed by atoms with Gasteiger partial charge in [-0.05, 0) is 54.6 Å². The number of rotatable bonds is 4. The third-order valence-electron chi connectivity index (χ3n) is 5.14. The van der Waals surface area contributed by atoms with Crippen molar-refractivity contribution in [1.82, 2.24) is 4.90 Å². The van der Waals surface area contributed by atoms with E-state index in [0.29, 0.717) is 36.9 Å². The Morgan fingerprint density at radius 3 is 2.06 bits per heavy atom. The lowest BCUT2D eigenvalue weighted by atomic mass is 10.2. The van der Waals surface area contributed by atoms with Crippen molar-refractivity contribution in [1.29, 1.82) is 0 Å². The van der Waals surface area contributed by atoms with Crippen LogP contribution in [-0.4, -0.2) is 42.9 Å². The van der Waals surface area contributed by atoms with Crippen molar-refractivity contribution in [2.75, 3.05) is 41.7 Å². The van der Waals surface area contributed by atoms with E-state index >= 15 is 0 Å². The van der Waals surface area contributed by atoms with E-state index in [4.69, 9.17) is 11.6 Å². The molecule has 6 nitrogen and oxygen atoms in total. The van der Waals surface area contributed by atoms with E-state index < -0.39 is 11.8 Å². The van der Waals surface area contributed by atoms with Gasteiger partial charge in [0.05, 0.1) is 0 Å². The summed E-state index contributed by atoms with van der Waals surface area (Å²) in [4.78, 5) is 28.7. The van der Waals surface area contributed by atoms with Gasteiger partial charge in [0.1, 0.15) is 0 Å². The highest BCUT2D eigenvalue weighted by atomic mass is 35.5. The fourth-order valence-electron chi connectivity index (χ4n) is 3.49. The zero-order valence-corrected chi connectivity index (χ0v) is 17.7. The number of hydrogen-bond donors (Lipinski definition) is 2. The van der Waals surface area contributed by atoms with Gasteiger partial charge in [-0.25, -0.2) is 0 Å². The molecule has 1 heterocycles. The Morgan fingerprint density at radius 1 is 0.742 bits per heavy atom. The Morgan fingerprint density at radius 2 is 1.39 bits per heavy atom. The van der Waals surface area contributed by atoms with Gasteiger partial charge < -0.3 is 20.4 Å². The van der Waals surface area contributed by atoms with E-state index in [2.05, 4.69) is 15.5 Å². The average molecular weight is 435 g/mol. The standard InChI is InChI=1S/C24H23ClN4O2/c25-18-5-4-8-22(17-18)28-13-15-29(16-14-28)24(31)23(30)27-21-11-9-20(10-12-21)26-19-6-2-1-3-7-19/h1-12,17,26H,13-16H2,(H,27,30). The first-order valence-corrected chi connectivity index (χ1v) is 10.5. The van der Waals surface area contributed by atoms with Gasteiger partial charge in [-0.3, -0.25) is 9.59 Å². The zero-order chi connectivity index (χ0) is 21.6. The van der Waals surface area contributed by atoms with E-state index in [0.717, 1.165) is 17.1 Å². The molecule has 0 bridgehead atoms. The number of amides is 2. The summed E-state index contributed by atoms with van der Waals surface area (Å²) in [6, 6.07) is 24.7. The summed E-state index contributed by atoms with van der Waals surface area (Å²) in [5.41, 5.74) is 3.47. The van der Waals surface area contributed by atoms with E-state index in [9.17, 15) is 9.59 Å². The second kappa shape index (κ2) is 9.53. The molecule has 7 heteroatoms. The van der Waals surface area contributed by atoms with Crippen molar-refractivity contribution in [3.8, 4) is 0 Å². The molecular weight excluding hydrogens is 412 g/mol. The van der Waals surface area contributed by atoms with Gasteiger partial charge in [0.15, 0.2) is 0 Å². The van der Waals surface area contributed by atoms with Crippen LogP contribution < -0.4 is 15.5 Å². The Balaban J connectivity index is 1.29. The fourth-order valence-corrected chi connectivity index (χ4v) is 3.68. The molecule has 2 N–H and O–H groups in total. The molecule has 1 aliphatic rings. The van der Waals surface area contributed by atoms with Crippen LogP contribution in [0.1, 0.15) is 0 Å². The lowest BCUT2D eigenvalue weighted by molar-refractivity contribution is -0.143. The number of piperazine rings is 1. The fraction of sp³-hybridized carbons (Fsp3) is 0.167. The monoisotopic (exact) mass is 434 g/mol. The summed E-state index contributed by atoms with van der Waals surface area (Å²) >= 11 is 6.06. The summed E-state index contributed by atoms with van der Waals surface area (Å²) in [5.74, 6) is -1.14. The lowest BCUT2D eigenvalue weighted by Gasteiger charge is -2.35. The minimum atomic E-state index is -0.625.